The molecular weight excluding hydrogens is 220 g/mol. The van der Waals surface area contributed by atoms with Gasteiger partial charge < -0.3 is 20.4 Å². The van der Waals surface area contributed by atoms with E-state index in [-0.39, 0.29) is 23.4 Å². The van der Waals surface area contributed by atoms with Crippen molar-refractivity contribution in [2.45, 2.75) is 13.0 Å². The molecule has 1 atom stereocenters. The van der Waals surface area contributed by atoms with Crippen LogP contribution >= 0.6 is 0 Å². The third kappa shape index (κ3) is 2.50. The van der Waals surface area contributed by atoms with Gasteiger partial charge in [-0.3, -0.25) is 4.79 Å². The summed E-state index contributed by atoms with van der Waals surface area (Å²) in [6.45, 7) is 4.13. The smallest absolute Gasteiger partial charge is 0.254 e. The Morgan fingerprint density at radius 1 is 1.35 bits per heavy atom. The lowest BCUT2D eigenvalue weighted by molar-refractivity contribution is 0.0655. The highest BCUT2D eigenvalue weighted by Crippen LogP contribution is 2.22. The minimum atomic E-state index is -0.162. The molecule has 1 fully saturated rings. The van der Waals surface area contributed by atoms with Crippen LogP contribution in [0.1, 0.15) is 17.3 Å². The summed E-state index contributed by atoms with van der Waals surface area (Å²) in [5.74, 6) is -0.363. The van der Waals surface area contributed by atoms with E-state index in [0.717, 1.165) is 13.1 Å². The van der Waals surface area contributed by atoms with Gasteiger partial charge in [0.2, 0.25) is 0 Å². The van der Waals surface area contributed by atoms with E-state index in [2.05, 4.69) is 5.32 Å². The second-order valence-corrected chi connectivity index (χ2v) is 4.29. The molecule has 0 radical (unpaired) electrons. The molecule has 1 saturated heterocycles. The Hall–Kier alpha value is -1.75. The highest BCUT2D eigenvalue weighted by molar-refractivity contribution is 5.95. The zero-order valence-electron chi connectivity index (χ0n) is 9.68. The maximum Gasteiger partial charge on any atom is 0.254 e. The van der Waals surface area contributed by atoms with E-state index in [1.165, 1.54) is 18.2 Å². The summed E-state index contributed by atoms with van der Waals surface area (Å²) in [7, 11) is 0. The molecule has 1 aliphatic rings. The summed E-state index contributed by atoms with van der Waals surface area (Å²) in [5, 5.41) is 21.9. The molecule has 0 saturated carbocycles. The minimum Gasteiger partial charge on any atom is -0.508 e. The first-order valence-electron chi connectivity index (χ1n) is 5.62. The number of hydrogen-bond donors (Lipinski definition) is 3. The molecule has 1 heterocycles. The SMILES string of the molecule is C[C@H]1CNCCN1C(=O)c1cc(O)cc(O)c1. The number of carbonyl (C=O) groups excluding carboxylic acids is 1. The Bertz CT molecular complexity index is 414. The predicted octanol–water partition coefficient (Wildman–Crippen LogP) is 0.532. The third-order valence-corrected chi connectivity index (χ3v) is 2.91. The Balaban J connectivity index is 2.23. The largest absolute Gasteiger partial charge is 0.508 e. The average molecular weight is 236 g/mol. The van der Waals surface area contributed by atoms with Gasteiger partial charge in [0.1, 0.15) is 11.5 Å². The molecule has 0 aliphatic carbocycles. The monoisotopic (exact) mass is 236 g/mol. The maximum absolute atomic E-state index is 12.2. The number of piperazine rings is 1. The number of carbonyl (C=O) groups is 1. The highest BCUT2D eigenvalue weighted by atomic mass is 16.3. The van der Waals surface area contributed by atoms with Crippen molar-refractivity contribution in [3.63, 3.8) is 0 Å². The van der Waals surface area contributed by atoms with Crippen molar-refractivity contribution in [3.8, 4) is 11.5 Å². The Morgan fingerprint density at radius 2 is 2.00 bits per heavy atom. The van der Waals surface area contributed by atoms with Gasteiger partial charge in [-0.05, 0) is 19.1 Å². The molecule has 1 aliphatic heterocycles. The molecular formula is C12H16N2O3. The van der Waals surface area contributed by atoms with Gasteiger partial charge in [0.15, 0.2) is 0 Å². The van der Waals surface area contributed by atoms with Crippen LogP contribution in [0.5, 0.6) is 11.5 Å². The summed E-state index contributed by atoms with van der Waals surface area (Å²) in [6.07, 6.45) is 0. The van der Waals surface area contributed by atoms with Gasteiger partial charge in [-0.15, -0.1) is 0 Å². The van der Waals surface area contributed by atoms with Crippen LogP contribution in [-0.2, 0) is 0 Å². The van der Waals surface area contributed by atoms with E-state index < -0.39 is 0 Å². The average Bonchev–Trinajstić information content (AvgIpc) is 2.27. The number of nitrogens with zero attached hydrogens (tertiary/aromatic N) is 1. The van der Waals surface area contributed by atoms with E-state index in [1.807, 2.05) is 6.92 Å². The summed E-state index contributed by atoms with van der Waals surface area (Å²) >= 11 is 0. The van der Waals surface area contributed by atoms with Crippen LogP contribution in [0.4, 0.5) is 0 Å². The Labute approximate surface area is 99.7 Å². The molecule has 1 aromatic carbocycles. The van der Waals surface area contributed by atoms with Crippen LogP contribution in [0.3, 0.4) is 0 Å². The predicted molar refractivity (Wildman–Crippen MR) is 63.1 cm³/mol. The number of nitrogens with one attached hydrogen (secondary N) is 1. The topological polar surface area (TPSA) is 72.8 Å². The van der Waals surface area contributed by atoms with Crippen molar-refractivity contribution in [2.75, 3.05) is 19.6 Å². The molecule has 0 bridgehead atoms. The molecule has 1 aromatic rings. The molecule has 5 heteroatoms. The van der Waals surface area contributed by atoms with Gasteiger partial charge in [-0.25, -0.2) is 0 Å². The lowest BCUT2D eigenvalue weighted by Gasteiger charge is -2.34. The minimum absolute atomic E-state index is 0.101. The second-order valence-electron chi connectivity index (χ2n) is 4.29. The van der Waals surface area contributed by atoms with Gasteiger partial charge in [-0.2, -0.15) is 0 Å². The summed E-state index contributed by atoms with van der Waals surface area (Å²) in [6, 6.07) is 4.06. The van der Waals surface area contributed by atoms with Gasteiger partial charge in [0.25, 0.3) is 5.91 Å². The summed E-state index contributed by atoms with van der Waals surface area (Å²) in [5.41, 5.74) is 0.316. The number of aromatic hydroxyl groups is 2. The van der Waals surface area contributed by atoms with Crippen molar-refractivity contribution in [1.29, 1.82) is 0 Å². The number of phenolic OH excluding ortho intramolecular Hbond substituents is 2. The van der Waals surface area contributed by atoms with E-state index in [1.54, 1.807) is 4.90 Å². The van der Waals surface area contributed by atoms with Crippen LogP contribution in [0.25, 0.3) is 0 Å². The van der Waals surface area contributed by atoms with Gasteiger partial charge in [0, 0.05) is 37.3 Å². The number of benzene rings is 1. The molecule has 0 spiro atoms. The molecule has 5 nitrogen and oxygen atoms in total. The number of amides is 1. The van der Waals surface area contributed by atoms with Crippen molar-refractivity contribution in [3.05, 3.63) is 23.8 Å². The highest BCUT2D eigenvalue weighted by Gasteiger charge is 2.24. The molecule has 2 rings (SSSR count). The van der Waals surface area contributed by atoms with Crippen molar-refractivity contribution < 1.29 is 15.0 Å². The van der Waals surface area contributed by atoms with Crippen molar-refractivity contribution in [2.24, 2.45) is 0 Å². The van der Waals surface area contributed by atoms with Crippen LogP contribution < -0.4 is 5.32 Å². The van der Waals surface area contributed by atoms with Crippen molar-refractivity contribution >= 4 is 5.91 Å². The molecule has 17 heavy (non-hydrogen) atoms. The van der Waals surface area contributed by atoms with Crippen LogP contribution in [-0.4, -0.2) is 46.7 Å². The van der Waals surface area contributed by atoms with Crippen LogP contribution in [0, 0.1) is 0 Å². The number of rotatable bonds is 1. The van der Waals surface area contributed by atoms with Gasteiger partial charge >= 0.3 is 0 Å². The quantitative estimate of drug-likeness (QED) is 0.665. The zero-order chi connectivity index (χ0) is 12.4. The zero-order valence-corrected chi connectivity index (χ0v) is 9.68. The Morgan fingerprint density at radius 3 is 2.59 bits per heavy atom. The Kier molecular flexibility index (Phi) is 3.19. The number of hydrogen-bond acceptors (Lipinski definition) is 4. The van der Waals surface area contributed by atoms with E-state index in [0.29, 0.717) is 12.1 Å². The molecule has 92 valence electrons. The van der Waals surface area contributed by atoms with E-state index in [4.69, 9.17) is 0 Å². The van der Waals surface area contributed by atoms with E-state index in [9.17, 15) is 15.0 Å². The lowest BCUT2D eigenvalue weighted by Crippen LogP contribution is -2.52. The first-order chi connectivity index (χ1) is 8.08. The normalized spacial score (nSPS) is 20.3. The standard InChI is InChI=1S/C12H16N2O3/c1-8-7-13-2-3-14(8)12(17)9-4-10(15)6-11(16)5-9/h4-6,8,13,15-16H,2-3,7H2,1H3/t8-/m0/s1. The number of phenols is 2. The van der Waals surface area contributed by atoms with Crippen molar-refractivity contribution in [1.82, 2.24) is 10.2 Å². The van der Waals surface area contributed by atoms with Gasteiger partial charge in [0.05, 0.1) is 0 Å². The first kappa shape index (κ1) is 11.7. The van der Waals surface area contributed by atoms with Crippen LogP contribution in [0.15, 0.2) is 18.2 Å². The fraction of sp³-hybridized carbons (Fsp3) is 0.417. The second kappa shape index (κ2) is 4.63. The summed E-state index contributed by atoms with van der Waals surface area (Å²) in [4.78, 5) is 13.9. The molecule has 0 aromatic heterocycles. The molecule has 3 N–H and O–H groups in total. The van der Waals surface area contributed by atoms with E-state index >= 15 is 0 Å². The maximum atomic E-state index is 12.2. The third-order valence-electron chi connectivity index (χ3n) is 2.91. The fourth-order valence-electron chi connectivity index (χ4n) is 2.03. The first-order valence-corrected chi connectivity index (χ1v) is 5.62. The van der Waals surface area contributed by atoms with Crippen LogP contribution in [0.2, 0.25) is 0 Å². The fourth-order valence-corrected chi connectivity index (χ4v) is 2.03. The van der Waals surface area contributed by atoms with Gasteiger partial charge in [-0.1, -0.05) is 0 Å². The summed E-state index contributed by atoms with van der Waals surface area (Å²) < 4.78 is 0. The molecule has 0 unspecified atom stereocenters. The molecule has 1 amide bonds. The lowest BCUT2D eigenvalue weighted by atomic mass is 10.1.